The van der Waals surface area contributed by atoms with Crippen molar-refractivity contribution >= 4 is 22.4 Å². The predicted octanol–water partition coefficient (Wildman–Crippen LogP) is 5.52. The molecule has 1 atom stereocenters. The third-order valence-corrected chi connectivity index (χ3v) is 6.34. The van der Waals surface area contributed by atoms with E-state index in [9.17, 15) is 44.2 Å². The Kier molecular flexibility index (Phi) is 7.71. The Bertz CT molecular complexity index is 1110. The van der Waals surface area contributed by atoms with Gasteiger partial charge in [0, 0.05) is 5.56 Å². The van der Waals surface area contributed by atoms with Crippen LogP contribution in [0.25, 0.3) is 0 Å². The van der Waals surface area contributed by atoms with Crippen LogP contribution < -0.4 is 5.46 Å². The number of phenols is 1. The Hall–Kier alpha value is -2.89. The van der Waals surface area contributed by atoms with Gasteiger partial charge in [-0.15, -0.1) is 0 Å². The summed E-state index contributed by atoms with van der Waals surface area (Å²) in [4.78, 5) is 0.869. The molecule has 0 aliphatic rings. The lowest BCUT2D eigenvalue weighted by atomic mass is 9.79. The van der Waals surface area contributed by atoms with Crippen LogP contribution in [0.4, 0.5) is 34.9 Å². The van der Waals surface area contributed by atoms with Gasteiger partial charge in [-0.05, 0) is 29.7 Å². The van der Waals surface area contributed by atoms with Gasteiger partial charge < -0.3 is 18.1 Å². The Labute approximate surface area is 179 Å². The molecule has 0 saturated carbocycles. The highest BCUT2D eigenvalue weighted by atomic mass is 32.2. The molecule has 0 aromatic heterocycles. The topological polar surface area (TPSA) is 37.3 Å². The Morgan fingerprint density at radius 2 is 1.19 bits per heavy atom. The van der Waals surface area contributed by atoms with Gasteiger partial charge in [0.05, 0.1) is 0 Å². The molecule has 0 saturated heterocycles. The number of phenolic OH excluding ortho intramolecular Hbond substituents is 1. The Morgan fingerprint density at radius 3 is 1.62 bits per heavy atom. The zero-order valence-electron chi connectivity index (χ0n) is 16.3. The first-order chi connectivity index (χ1) is 14.8. The second-order valence-corrected chi connectivity index (χ2v) is 9.46. The molecule has 0 heterocycles. The maximum Gasteiger partial charge on any atom is 0.515 e. The smallest absolute Gasteiger partial charge is 0.508 e. The number of halogens is 8. The molecule has 0 bridgehead atoms. The maximum atomic E-state index is 12.6. The van der Waals surface area contributed by atoms with E-state index in [0.29, 0.717) is 5.75 Å². The fourth-order valence-electron chi connectivity index (χ4n) is 2.61. The lowest BCUT2D eigenvalue weighted by Gasteiger charge is -2.17. The Morgan fingerprint density at radius 1 is 0.750 bits per heavy atom. The van der Waals surface area contributed by atoms with Crippen molar-refractivity contribution in [3.8, 4) is 5.75 Å². The molecule has 1 unspecified atom stereocenters. The van der Waals surface area contributed by atoms with E-state index < -0.39 is 51.5 Å². The van der Waals surface area contributed by atoms with Gasteiger partial charge in [0.2, 0.25) is 0 Å². The number of rotatable bonds is 4. The van der Waals surface area contributed by atoms with Gasteiger partial charge in [-0.3, -0.25) is 0 Å². The molecule has 1 N–H and O–H groups in total. The number of aromatic hydroxyl groups is 1. The SMILES string of the molecule is C[S+](=O)(Cc1ccc(O)cc1)c1ccccc1.Fc1c(F)c(F)c([B-](F)(F)F)c(F)c1F. The highest BCUT2D eigenvalue weighted by molar-refractivity contribution is 8.01. The van der Waals surface area contributed by atoms with Crippen molar-refractivity contribution in [2.24, 2.45) is 0 Å². The quantitative estimate of drug-likeness (QED) is 0.175. The van der Waals surface area contributed by atoms with Gasteiger partial charge in [0.15, 0.2) is 22.3 Å². The average molecular weight is 482 g/mol. The van der Waals surface area contributed by atoms with Gasteiger partial charge >= 0.3 is 6.98 Å². The van der Waals surface area contributed by atoms with Gasteiger partial charge in [0.1, 0.15) is 39.3 Å². The molecule has 32 heavy (non-hydrogen) atoms. The zero-order chi connectivity index (χ0) is 24.3. The molecule has 2 nitrogen and oxygen atoms in total. The van der Waals surface area contributed by atoms with Crippen LogP contribution in [0, 0.1) is 29.1 Å². The van der Waals surface area contributed by atoms with Crippen molar-refractivity contribution in [3.63, 3.8) is 0 Å². The van der Waals surface area contributed by atoms with E-state index in [4.69, 9.17) is 0 Å². The van der Waals surface area contributed by atoms with Gasteiger partial charge in [-0.2, -0.15) is 0 Å². The lowest BCUT2D eigenvalue weighted by molar-refractivity contribution is 0.377. The van der Waals surface area contributed by atoms with Crippen molar-refractivity contribution in [2.45, 2.75) is 10.6 Å². The van der Waals surface area contributed by atoms with E-state index in [0.717, 1.165) is 10.5 Å². The molecule has 0 aliphatic carbocycles. The highest BCUT2D eigenvalue weighted by Crippen LogP contribution is 2.23. The average Bonchev–Trinajstić information content (AvgIpc) is 2.72. The van der Waals surface area contributed by atoms with Crippen LogP contribution in [0.3, 0.4) is 0 Å². The normalized spacial score (nSPS) is 13.2. The summed E-state index contributed by atoms with van der Waals surface area (Å²) in [5.41, 5.74) is -1.76. The van der Waals surface area contributed by atoms with E-state index in [1.165, 1.54) is 0 Å². The minimum Gasteiger partial charge on any atom is -0.508 e. The summed E-state index contributed by atoms with van der Waals surface area (Å²) in [6.07, 6.45) is 1.77. The van der Waals surface area contributed by atoms with E-state index in [1.807, 2.05) is 30.3 Å². The molecular weight excluding hydrogens is 467 g/mol. The van der Waals surface area contributed by atoms with Crippen LogP contribution in [0.15, 0.2) is 59.5 Å². The fraction of sp³-hybridized carbons (Fsp3) is 0.100. The van der Waals surface area contributed by atoms with Crippen molar-refractivity contribution in [3.05, 3.63) is 89.2 Å². The lowest BCUT2D eigenvalue weighted by Crippen LogP contribution is -2.41. The minimum atomic E-state index is -6.30. The molecule has 3 rings (SSSR count). The number of benzene rings is 3. The zero-order valence-corrected chi connectivity index (χ0v) is 17.1. The van der Waals surface area contributed by atoms with E-state index >= 15 is 0 Å². The van der Waals surface area contributed by atoms with Crippen LogP contribution in [0.5, 0.6) is 5.75 Å². The van der Waals surface area contributed by atoms with Crippen LogP contribution >= 0.6 is 0 Å². The largest absolute Gasteiger partial charge is 0.515 e. The summed E-state index contributed by atoms with van der Waals surface area (Å²) in [6, 6.07) is 16.4. The van der Waals surface area contributed by atoms with Gasteiger partial charge in [-0.1, -0.05) is 34.5 Å². The molecule has 12 heteroatoms. The summed E-state index contributed by atoms with van der Waals surface area (Å²) < 4.78 is 110. The first kappa shape index (κ1) is 25.4. The molecule has 172 valence electrons. The van der Waals surface area contributed by atoms with Gasteiger partial charge in [0.25, 0.3) is 0 Å². The van der Waals surface area contributed by atoms with Crippen LogP contribution in [0.1, 0.15) is 5.56 Å². The summed E-state index contributed by atoms with van der Waals surface area (Å²) in [5.74, 6) is -12.8. The maximum absolute atomic E-state index is 12.6. The van der Waals surface area contributed by atoms with Crippen LogP contribution in [-0.2, 0) is 19.9 Å². The van der Waals surface area contributed by atoms with Crippen molar-refractivity contribution in [2.75, 3.05) is 6.26 Å². The molecule has 0 fully saturated rings. The third-order valence-electron chi connectivity index (χ3n) is 4.19. The summed E-state index contributed by atoms with van der Waals surface area (Å²) in [5, 5.41) is 9.20. The van der Waals surface area contributed by atoms with Crippen molar-refractivity contribution in [1.29, 1.82) is 0 Å². The van der Waals surface area contributed by atoms with Crippen molar-refractivity contribution < 1.29 is 44.2 Å². The standard InChI is InChI=1S/C14H14O2S.C6BF8/c1-17(16,14-5-3-2-4-6-14)11-12-7-9-13(15)10-8-12;8-2-1(7(13,14)15)3(9)5(11)6(12)4(2)10/h2-10H,11H2,1H3;/q;-1/p+1. The molecule has 0 aliphatic heterocycles. The summed E-state index contributed by atoms with van der Waals surface area (Å²) in [7, 11) is -2.06. The molecular formula is C20H15BF8O2S. The first-order valence-electron chi connectivity index (χ1n) is 8.77. The van der Waals surface area contributed by atoms with E-state index in [2.05, 4.69) is 0 Å². The highest BCUT2D eigenvalue weighted by Gasteiger charge is 2.37. The summed E-state index contributed by atoms with van der Waals surface area (Å²) >= 11 is 0. The van der Waals surface area contributed by atoms with Gasteiger partial charge in [-0.25, -0.2) is 22.0 Å². The second-order valence-electron chi connectivity index (χ2n) is 6.69. The minimum absolute atomic E-state index is 0.232. The van der Waals surface area contributed by atoms with Crippen molar-refractivity contribution in [1.82, 2.24) is 0 Å². The fourth-order valence-corrected chi connectivity index (χ4v) is 4.34. The number of hydrogen-bond acceptors (Lipinski definition) is 2. The molecule has 3 aromatic rings. The Balaban J connectivity index is 0.000000229. The molecule has 0 radical (unpaired) electrons. The monoisotopic (exact) mass is 482 g/mol. The van der Waals surface area contributed by atoms with Crippen LogP contribution in [0.2, 0.25) is 0 Å². The molecule has 0 spiro atoms. The predicted molar refractivity (Wildman–Crippen MR) is 105 cm³/mol. The third kappa shape index (κ3) is 5.87. The molecule has 0 amide bonds. The summed E-state index contributed by atoms with van der Waals surface area (Å²) in [6.45, 7) is -6.30. The van der Waals surface area contributed by atoms with E-state index in [1.54, 1.807) is 30.5 Å². The van der Waals surface area contributed by atoms with E-state index in [-0.39, 0.29) is 5.75 Å². The number of hydrogen-bond donors (Lipinski definition) is 1. The van der Waals surface area contributed by atoms with Crippen LogP contribution in [-0.4, -0.2) is 18.3 Å². The molecule has 3 aromatic carbocycles. The second kappa shape index (κ2) is 9.72. The first-order valence-corrected chi connectivity index (χ1v) is 10.9.